The summed E-state index contributed by atoms with van der Waals surface area (Å²) < 4.78 is 5.50. The minimum atomic E-state index is -0.907. The van der Waals surface area contributed by atoms with Crippen LogP contribution in [0.5, 0.6) is 0 Å². The third kappa shape index (κ3) is 4.70. The average molecular weight is 371 g/mol. The monoisotopic (exact) mass is 370 g/mol. The standard InChI is InChI=1S/C24H34O3/c1-15(2)18-11-19(16(3)4)13-20(12-18)24(6)21(22(24)14-27-7)9-8-17(5)10-23(25)26/h8-13,15-16,21-22H,14H2,1-7H3,(H,25,26)/t21-,22-,24-/m0/s1. The van der Waals surface area contributed by atoms with Gasteiger partial charge in [-0.15, -0.1) is 0 Å². The molecule has 0 unspecified atom stereocenters. The number of hydrogen-bond donors (Lipinski definition) is 1. The summed E-state index contributed by atoms with van der Waals surface area (Å²) in [5.41, 5.74) is 4.90. The van der Waals surface area contributed by atoms with Crippen LogP contribution in [-0.2, 0) is 14.9 Å². The minimum absolute atomic E-state index is 0.0184. The smallest absolute Gasteiger partial charge is 0.328 e. The van der Waals surface area contributed by atoms with Gasteiger partial charge in [0.05, 0.1) is 6.61 Å². The van der Waals surface area contributed by atoms with Crippen molar-refractivity contribution in [1.82, 2.24) is 0 Å². The van der Waals surface area contributed by atoms with Crippen LogP contribution in [-0.4, -0.2) is 24.8 Å². The molecule has 3 nitrogen and oxygen atoms in total. The number of hydrogen-bond acceptors (Lipinski definition) is 2. The molecular weight excluding hydrogens is 336 g/mol. The van der Waals surface area contributed by atoms with E-state index in [2.05, 4.69) is 58.9 Å². The Balaban J connectivity index is 2.42. The third-order valence-electron chi connectivity index (χ3n) is 5.98. The van der Waals surface area contributed by atoms with Gasteiger partial charge in [-0.3, -0.25) is 0 Å². The fourth-order valence-electron chi connectivity index (χ4n) is 3.99. The Hall–Kier alpha value is -1.87. The molecule has 0 heterocycles. The number of benzene rings is 1. The van der Waals surface area contributed by atoms with Crippen LogP contribution in [0, 0.1) is 11.8 Å². The maximum Gasteiger partial charge on any atom is 0.328 e. The van der Waals surface area contributed by atoms with Gasteiger partial charge in [-0.05, 0) is 52.9 Å². The molecule has 0 aliphatic heterocycles. The summed E-state index contributed by atoms with van der Waals surface area (Å²) in [4.78, 5) is 10.9. The van der Waals surface area contributed by atoms with E-state index in [0.29, 0.717) is 30.3 Å². The van der Waals surface area contributed by atoms with Crippen LogP contribution in [0.3, 0.4) is 0 Å². The van der Waals surface area contributed by atoms with Gasteiger partial charge in [-0.25, -0.2) is 4.79 Å². The van der Waals surface area contributed by atoms with E-state index >= 15 is 0 Å². The first-order chi connectivity index (χ1) is 12.6. The molecule has 1 N–H and O–H groups in total. The molecule has 1 saturated carbocycles. The van der Waals surface area contributed by atoms with E-state index in [1.165, 1.54) is 22.8 Å². The van der Waals surface area contributed by atoms with Crippen LogP contribution < -0.4 is 0 Å². The third-order valence-corrected chi connectivity index (χ3v) is 5.98. The highest BCUT2D eigenvalue weighted by Gasteiger charge is 2.60. The van der Waals surface area contributed by atoms with Gasteiger partial charge in [-0.1, -0.05) is 65.0 Å². The molecule has 1 fully saturated rings. The molecular formula is C24H34O3. The first-order valence-corrected chi connectivity index (χ1v) is 9.85. The summed E-state index contributed by atoms with van der Waals surface area (Å²) in [5, 5.41) is 8.92. The summed E-state index contributed by atoms with van der Waals surface area (Å²) in [6.45, 7) is 13.8. The number of carbonyl (C=O) groups is 1. The summed E-state index contributed by atoms with van der Waals surface area (Å²) >= 11 is 0. The van der Waals surface area contributed by atoms with Gasteiger partial charge >= 0.3 is 5.97 Å². The fourth-order valence-corrected chi connectivity index (χ4v) is 3.99. The molecule has 0 radical (unpaired) electrons. The molecule has 1 aromatic rings. The van der Waals surface area contributed by atoms with E-state index in [-0.39, 0.29) is 5.41 Å². The van der Waals surface area contributed by atoms with Crippen molar-refractivity contribution in [3.05, 3.63) is 58.7 Å². The van der Waals surface area contributed by atoms with Crippen LogP contribution in [0.15, 0.2) is 42.0 Å². The van der Waals surface area contributed by atoms with Crippen molar-refractivity contribution >= 4 is 5.97 Å². The second kappa shape index (κ2) is 8.43. The minimum Gasteiger partial charge on any atom is -0.478 e. The number of carboxylic acid groups (broad SMARTS) is 1. The average Bonchev–Trinajstić information content (AvgIpc) is 3.16. The molecule has 1 aromatic carbocycles. The molecule has 3 heteroatoms. The summed E-state index contributed by atoms with van der Waals surface area (Å²) in [6.07, 6.45) is 5.34. The van der Waals surface area contributed by atoms with Gasteiger partial charge in [0, 0.05) is 18.6 Å². The molecule has 0 bridgehead atoms. The highest BCUT2D eigenvalue weighted by atomic mass is 16.5. The van der Waals surface area contributed by atoms with Gasteiger partial charge in [0.15, 0.2) is 0 Å². The lowest BCUT2D eigenvalue weighted by Crippen LogP contribution is -2.10. The van der Waals surface area contributed by atoms with Crippen molar-refractivity contribution in [3.8, 4) is 0 Å². The fraction of sp³-hybridized carbons (Fsp3) is 0.542. The van der Waals surface area contributed by atoms with Crippen molar-refractivity contribution < 1.29 is 14.6 Å². The molecule has 1 aliphatic carbocycles. The van der Waals surface area contributed by atoms with Crippen molar-refractivity contribution in [2.45, 2.75) is 58.8 Å². The molecule has 148 valence electrons. The number of methoxy groups -OCH3 is 1. The van der Waals surface area contributed by atoms with Crippen LogP contribution in [0.2, 0.25) is 0 Å². The topological polar surface area (TPSA) is 46.5 Å². The van der Waals surface area contributed by atoms with E-state index in [0.717, 1.165) is 5.57 Å². The van der Waals surface area contributed by atoms with Crippen LogP contribution in [0.1, 0.15) is 70.1 Å². The summed E-state index contributed by atoms with van der Waals surface area (Å²) in [5.74, 6) is 0.812. The summed E-state index contributed by atoms with van der Waals surface area (Å²) in [6, 6.07) is 7.04. The zero-order chi connectivity index (χ0) is 20.4. The lowest BCUT2D eigenvalue weighted by atomic mass is 9.86. The van der Waals surface area contributed by atoms with Crippen LogP contribution >= 0.6 is 0 Å². The molecule has 0 saturated heterocycles. The van der Waals surface area contributed by atoms with E-state index < -0.39 is 5.97 Å². The van der Waals surface area contributed by atoms with Crippen molar-refractivity contribution in [2.24, 2.45) is 11.8 Å². The Morgan fingerprint density at radius 3 is 2.19 bits per heavy atom. The van der Waals surface area contributed by atoms with Crippen molar-refractivity contribution in [3.63, 3.8) is 0 Å². The molecule has 0 aromatic heterocycles. The Kier molecular flexibility index (Phi) is 6.69. The lowest BCUT2D eigenvalue weighted by Gasteiger charge is -2.19. The molecule has 0 spiro atoms. The van der Waals surface area contributed by atoms with E-state index in [1.54, 1.807) is 7.11 Å². The zero-order valence-corrected chi connectivity index (χ0v) is 17.7. The first kappa shape index (κ1) is 21.4. The molecule has 27 heavy (non-hydrogen) atoms. The Morgan fingerprint density at radius 2 is 1.74 bits per heavy atom. The van der Waals surface area contributed by atoms with Crippen LogP contribution in [0.4, 0.5) is 0 Å². The lowest BCUT2D eigenvalue weighted by molar-refractivity contribution is -0.131. The first-order valence-electron chi connectivity index (χ1n) is 9.85. The highest BCUT2D eigenvalue weighted by molar-refractivity contribution is 5.81. The molecule has 3 atom stereocenters. The van der Waals surface area contributed by atoms with E-state index in [4.69, 9.17) is 9.84 Å². The van der Waals surface area contributed by atoms with E-state index in [1.807, 2.05) is 13.0 Å². The second-order valence-corrected chi connectivity index (χ2v) is 8.65. The SMILES string of the molecule is COC[C@H]1[C@H](C=CC(C)=CC(=O)O)[C@]1(C)c1cc(C(C)C)cc(C(C)C)c1. The van der Waals surface area contributed by atoms with Gasteiger partial charge in [0.25, 0.3) is 0 Å². The predicted molar refractivity (Wildman–Crippen MR) is 111 cm³/mol. The van der Waals surface area contributed by atoms with Gasteiger partial charge in [-0.2, -0.15) is 0 Å². The van der Waals surface area contributed by atoms with Gasteiger partial charge in [0.1, 0.15) is 0 Å². The molecule has 1 aliphatic rings. The number of allylic oxidation sites excluding steroid dienone is 3. The van der Waals surface area contributed by atoms with Gasteiger partial charge < -0.3 is 9.84 Å². The zero-order valence-electron chi connectivity index (χ0n) is 17.7. The Labute approximate surface area is 164 Å². The highest BCUT2D eigenvalue weighted by Crippen LogP contribution is 2.61. The largest absolute Gasteiger partial charge is 0.478 e. The Morgan fingerprint density at radius 1 is 1.19 bits per heavy atom. The number of rotatable bonds is 8. The Bertz CT molecular complexity index is 716. The maximum atomic E-state index is 10.9. The van der Waals surface area contributed by atoms with E-state index in [9.17, 15) is 4.79 Å². The second-order valence-electron chi connectivity index (χ2n) is 8.65. The van der Waals surface area contributed by atoms with Crippen molar-refractivity contribution in [2.75, 3.05) is 13.7 Å². The molecule has 2 rings (SSSR count). The quantitative estimate of drug-likeness (QED) is 0.474. The maximum absolute atomic E-state index is 10.9. The number of carboxylic acids is 1. The van der Waals surface area contributed by atoms with Crippen molar-refractivity contribution in [1.29, 1.82) is 0 Å². The normalized spacial score (nSPS) is 25.6. The van der Waals surface area contributed by atoms with Gasteiger partial charge in [0.2, 0.25) is 0 Å². The molecule has 0 amide bonds. The number of ether oxygens (including phenoxy) is 1. The number of aliphatic carboxylic acids is 1. The van der Waals surface area contributed by atoms with Crippen LogP contribution in [0.25, 0.3) is 0 Å². The summed E-state index contributed by atoms with van der Waals surface area (Å²) in [7, 11) is 1.75. The predicted octanol–water partition coefficient (Wildman–Crippen LogP) is 5.67.